The Balaban J connectivity index is 1.89. The monoisotopic (exact) mass is 517 g/mol. The number of anilines is 3. The fourth-order valence-electron chi connectivity index (χ4n) is 3.42. The van der Waals surface area contributed by atoms with E-state index in [2.05, 4.69) is 58.9 Å². The van der Waals surface area contributed by atoms with Gasteiger partial charge in [0.1, 0.15) is 16.5 Å². The van der Waals surface area contributed by atoms with Gasteiger partial charge < -0.3 is 34.8 Å². The number of piperazine rings is 1. The van der Waals surface area contributed by atoms with E-state index in [1.165, 1.54) is 17.8 Å². The molecular formula is C23H35N9O3S. The predicted octanol–water partition coefficient (Wildman–Crippen LogP) is 1.67. The van der Waals surface area contributed by atoms with Gasteiger partial charge in [0.2, 0.25) is 23.6 Å². The Morgan fingerprint density at radius 1 is 1.11 bits per heavy atom. The molecule has 0 radical (unpaired) electrons. The lowest BCUT2D eigenvalue weighted by Gasteiger charge is -2.32. The molecule has 1 amide bonds. The molecule has 0 saturated carbocycles. The van der Waals surface area contributed by atoms with Gasteiger partial charge in [0, 0.05) is 38.8 Å². The van der Waals surface area contributed by atoms with Crippen molar-refractivity contribution in [3.8, 4) is 11.8 Å². The first kappa shape index (κ1) is 27.4. The fraction of sp³-hybridized carbons (Fsp3) is 0.522. The zero-order chi connectivity index (χ0) is 26.1. The molecule has 1 saturated heterocycles. The molecule has 0 unspecified atom stereocenters. The number of amides is 1. The van der Waals surface area contributed by atoms with Crippen LogP contribution in [0, 0.1) is 0 Å². The Hall–Kier alpha value is -3.16. The zero-order valence-corrected chi connectivity index (χ0v) is 22.4. The number of nitrogens with one attached hydrogen (secondary N) is 2. The minimum Gasteiger partial charge on any atom is -0.480 e. The topological polar surface area (TPSA) is 121 Å². The van der Waals surface area contributed by atoms with Gasteiger partial charge in [-0.1, -0.05) is 6.58 Å². The molecule has 0 aromatic carbocycles. The van der Waals surface area contributed by atoms with E-state index in [0.717, 1.165) is 39.1 Å². The highest BCUT2D eigenvalue weighted by Gasteiger charge is 2.24. The van der Waals surface area contributed by atoms with Crippen molar-refractivity contribution in [2.24, 2.45) is 0 Å². The van der Waals surface area contributed by atoms with Gasteiger partial charge in [-0.05, 0) is 51.9 Å². The highest BCUT2D eigenvalue weighted by atomic mass is 32.2. The summed E-state index contributed by atoms with van der Waals surface area (Å²) in [6.45, 7) is 8.62. The SMILES string of the molecule is C=CC(=O)Nc1cc(NCCCN(C)C)nc(Sc2c(OC)nc(N3CCN(C)CC3)nc2OC)n1. The van der Waals surface area contributed by atoms with E-state index in [0.29, 0.717) is 45.9 Å². The molecule has 196 valence electrons. The van der Waals surface area contributed by atoms with E-state index in [-0.39, 0.29) is 5.91 Å². The Morgan fingerprint density at radius 3 is 2.33 bits per heavy atom. The van der Waals surface area contributed by atoms with Crippen molar-refractivity contribution in [1.82, 2.24) is 29.7 Å². The molecule has 0 bridgehead atoms. The van der Waals surface area contributed by atoms with Crippen molar-refractivity contribution in [3.05, 3.63) is 18.7 Å². The Morgan fingerprint density at radius 2 is 1.75 bits per heavy atom. The molecule has 2 N–H and O–H groups in total. The Bertz CT molecular complexity index is 1020. The molecule has 3 heterocycles. The molecular weight excluding hydrogens is 482 g/mol. The van der Waals surface area contributed by atoms with E-state index in [1.807, 2.05) is 14.1 Å². The van der Waals surface area contributed by atoms with Crippen LogP contribution in [0.15, 0.2) is 28.8 Å². The number of aromatic nitrogens is 4. The maximum Gasteiger partial charge on any atom is 0.248 e. The van der Waals surface area contributed by atoms with Crippen LogP contribution in [-0.2, 0) is 4.79 Å². The van der Waals surface area contributed by atoms with Crippen LogP contribution in [-0.4, -0.2) is 110 Å². The minimum absolute atomic E-state index is 0.348. The second-order valence-electron chi connectivity index (χ2n) is 8.46. The number of ether oxygens (including phenoxy) is 2. The normalized spacial score (nSPS) is 14.0. The van der Waals surface area contributed by atoms with E-state index in [4.69, 9.17) is 9.47 Å². The van der Waals surface area contributed by atoms with Crippen LogP contribution in [0.4, 0.5) is 17.6 Å². The summed E-state index contributed by atoms with van der Waals surface area (Å²) in [5.41, 5.74) is 0. The maximum absolute atomic E-state index is 11.9. The van der Waals surface area contributed by atoms with E-state index < -0.39 is 0 Å². The van der Waals surface area contributed by atoms with Crippen molar-refractivity contribution in [2.75, 3.05) is 90.2 Å². The van der Waals surface area contributed by atoms with Crippen molar-refractivity contribution in [1.29, 1.82) is 0 Å². The van der Waals surface area contributed by atoms with Crippen molar-refractivity contribution < 1.29 is 14.3 Å². The summed E-state index contributed by atoms with van der Waals surface area (Å²) in [6.07, 6.45) is 2.12. The third-order valence-electron chi connectivity index (χ3n) is 5.39. The van der Waals surface area contributed by atoms with Crippen molar-refractivity contribution >= 4 is 35.3 Å². The van der Waals surface area contributed by atoms with Crippen LogP contribution >= 0.6 is 11.8 Å². The quantitative estimate of drug-likeness (QED) is 0.242. The van der Waals surface area contributed by atoms with Gasteiger partial charge >= 0.3 is 0 Å². The van der Waals surface area contributed by atoms with Crippen LogP contribution in [0.2, 0.25) is 0 Å². The molecule has 0 spiro atoms. The van der Waals surface area contributed by atoms with Crippen LogP contribution in [0.5, 0.6) is 11.8 Å². The zero-order valence-electron chi connectivity index (χ0n) is 21.6. The highest BCUT2D eigenvalue weighted by molar-refractivity contribution is 7.99. The molecule has 1 fully saturated rings. The summed E-state index contributed by atoms with van der Waals surface area (Å²) in [7, 11) is 9.26. The van der Waals surface area contributed by atoms with Crippen LogP contribution in [0.1, 0.15) is 6.42 Å². The summed E-state index contributed by atoms with van der Waals surface area (Å²) in [5.74, 6) is 1.85. The molecule has 12 nitrogen and oxygen atoms in total. The van der Waals surface area contributed by atoms with Crippen molar-refractivity contribution in [2.45, 2.75) is 16.5 Å². The molecule has 36 heavy (non-hydrogen) atoms. The molecule has 3 rings (SSSR count). The van der Waals surface area contributed by atoms with E-state index in [9.17, 15) is 4.79 Å². The smallest absolute Gasteiger partial charge is 0.248 e. The van der Waals surface area contributed by atoms with Gasteiger partial charge in [-0.15, -0.1) is 0 Å². The van der Waals surface area contributed by atoms with Gasteiger partial charge in [0.05, 0.1) is 14.2 Å². The lowest BCUT2D eigenvalue weighted by Crippen LogP contribution is -2.45. The first-order chi connectivity index (χ1) is 17.3. The molecule has 2 aromatic rings. The largest absolute Gasteiger partial charge is 0.480 e. The number of nitrogens with zero attached hydrogens (tertiary/aromatic N) is 7. The Kier molecular flexibility index (Phi) is 10.1. The lowest BCUT2D eigenvalue weighted by atomic mass is 10.3. The first-order valence-corrected chi connectivity index (χ1v) is 12.5. The molecule has 1 aliphatic rings. The second-order valence-corrected chi connectivity index (χ2v) is 9.44. The number of rotatable bonds is 12. The van der Waals surface area contributed by atoms with Gasteiger partial charge in [0.25, 0.3) is 0 Å². The number of likely N-dealkylation sites (N-methyl/N-ethyl adjacent to an activating group) is 1. The van der Waals surface area contributed by atoms with Crippen LogP contribution in [0.3, 0.4) is 0 Å². The standard InChI is InChI=1S/C23H35N9O3S/c1-7-18(33)25-17-15-16(24-9-8-10-30(2)3)26-23(27-17)36-19-20(34-5)28-22(29-21(19)35-6)32-13-11-31(4)12-14-32/h7,15H,1,8-14H2,2-6H3,(H2,24,25,26,27,33). The Labute approximate surface area is 216 Å². The summed E-state index contributed by atoms with van der Waals surface area (Å²) >= 11 is 1.20. The first-order valence-electron chi connectivity index (χ1n) is 11.7. The summed E-state index contributed by atoms with van der Waals surface area (Å²) in [4.78, 5) is 37.3. The van der Waals surface area contributed by atoms with E-state index >= 15 is 0 Å². The summed E-state index contributed by atoms with van der Waals surface area (Å²) in [5, 5.41) is 6.38. The van der Waals surface area contributed by atoms with Gasteiger partial charge in [-0.2, -0.15) is 9.97 Å². The number of hydrogen-bond acceptors (Lipinski definition) is 12. The van der Waals surface area contributed by atoms with E-state index in [1.54, 1.807) is 20.3 Å². The summed E-state index contributed by atoms with van der Waals surface area (Å²) in [6, 6.07) is 1.68. The minimum atomic E-state index is -0.363. The van der Waals surface area contributed by atoms with Gasteiger partial charge in [-0.25, -0.2) is 9.97 Å². The maximum atomic E-state index is 11.9. The van der Waals surface area contributed by atoms with Gasteiger partial charge in [-0.3, -0.25) is 4.79 Å². The number of hydrogen-bond donors (Lipinski definition) is 2. The molecule has 1 aliphatic heterocycles. The third-order valence-corrected chi connectivity index (χ3v) is 6.31. The fourth-order valence-corrected chi connectivity index (χ4v) is 4.32. The number of methoxy groups -OCH3 is 2. The lowest BCUT2D eigenvalue weighted by molar-refractivity contribution is -0.111. The summed E-state index contributed by atoms with van der Waals surface area (Å²) < 4.78 is 11.2. The number of carbonyl (C=O) groups excluding carboxylic acids is 1. The van der Waals surface area contributed by atoms with Crippen molar-refractivity contribution in [3.63, 3.8) is 0 Å². The van der Waals surface area contributed by atoms with Crippen LogP contribution in [0.25, 0.3) is 0 Å². The van der Waals surface area contributed by atoms with Crippen LogP contribution < -0.4 is 25.0 Å². The average Bonchev–Trinajstić information content (AvgIpc) is 2.86. The predicted molar refractivity (Wildman–Crippen MR) is 141 cm³/mol. The third kappa shape index (κ3) is 7.67. The second kappa shape index (κ2) is 13.2. The average molecular weight is 518 g/mol. The molecule has 0 aliphatic carbocycles. The molecule has 2 aromatic heterocycles. The number of carbonyl (C=O) groups is 1. The molecule has 0 atom stereocenters. The highest BCUT2D eigenvalue weighted by Crippen LogP contribution is 2.40. The molecule has 13 heteroatoms. The van der Waals surface area contributed by atoms with Gasteiger partial charge in [0.15, 0.2) is 5.16 Å².